The Morgan fingerprint density at radius 2 is 1.62 bits per heavy atom. The zero-order chi connectivity index (χ0) is 30.7. The van der Waals surface area contributed by atoms with E-state index in [2.05, 4.69) is 10.6 Å². The van der Waals surface area contributed by atoms with Crippen molar-refractivity contribution in [3.8, 4) is 11.5 Å². The predicted octanol–water partition coefficient (Wildman–Crippen LogP) is 5.90. The molecule has 3 rings (SSSR count). The van der Waals surface area contributed by atoms with Crippen LogP contribution >= 0.6 is 0 Å². The molecule has 10 heteroatoms. The molecule has 0 heterocycles. The maximum atomic E-state index is 13.0. The SMILES string of the molecule is CCOC(=O)C(NCC(CC(=O)OC)c1ccc(OC)c(OC2CCCC2)c1)c1ccc(NC(=O)OC(C)(C)C)cc1. The van der Waals surface area contributed by atoms with Gasteiger partial charge in [-0.25, -0.2) is 9.59 Å². The minimum absolute atomic E-state index is 0.0903. The van der Waals surface area contributed by atoms with Gasteiger partial charge in [0.25, 0.3) is 0 Å². The van der Waals surface area contributed by atoms with Gasteiger partial charge < -0.3 is 29.0 Å². The molecule has 2 atom stereocenters. The van der Waals surface area contributed by atoms with Crippen LogP contribution in [0.15, 0.2) is 42.5 Å². The fourth-order valence-corrected chi connectivity index (χ4v) is 4.82. The Kier molecular flexibility index (Phi) is 12.0. The number of ether oxygens (including phenoxy) is 5. The summed E-state index contributed by atoms with van der Waals surface area (Å²) in [6, 6.07) is 11.7. The molecule has 0 spiro atoms. The Labute approximate surface area is 248 Å². The first-order valence-corrected chi connectivity index (χ1v) is 14.4. The molecule has 10 nitrogen and oxygen atoms in total. The van der Waals surface area contributed by atoms with Crippen LogP contribution < -0.4 is 20.1 Å². The van der Waals surface area contributed by atoms with Crippen LogP contribution in [0.3, 0.4) is 0 Å². The summed E-state index contributed by atoms with van der Waals surface area (Å²) < 4.78 is 27.4. The molecule has 2 aromatic rings. The molecule has 1 aliphatic carbocycles. The molecule has 1 aliphatic rings. The summed E-state index contributed by atoms with van der Waals surface area (Å²) in [5.41, 5.74) is 1.38. The quantitative estimate of drug-likeness (QED) is 0.219. The third-order valence-electron chi connectivity index (χ3n) is 6.88. The molecule has 2 aromatic carbocycles. The number of methoxy groups -OCH3 is 2. The molecule has 1 saturated carbocycles. The first-order chi connectivity index (χ1) is 20.0. The summed E-state index contributed by atoms with van der Waals surface area (Å²) in [6.45, 7) is 7.58. The van der Waals surface area contributed by atoms with Crippen molar-refractivity contribution in [3.05, 3.63) is 53.6 Å². The number of amides is 1. The van der Waals surface area contributed by atoms with Crippen LogP contribution in [0, 0.1) is 0 Å². The van der Waals surface area contributed by atoms with E-state index in [1.54, 1.807) is 59.1 Å². The number of carbonyl (C=O) groups is 3. The molecule has 0 aromatic heterocycles. The zero-order valence-electron chi connectivity index (χ0n) is 25.5. The van der Waals surface area contributed by atoms with Gasteiger partial charge in [0.05, 0.1) is 33.4 Å². The number of hydrogen-bond acceptors (Lipinski definition) is 9. The largest absolute Gasteiger partial charge is 0.493 e. The summed E-state index contributed by atoms with van der Waals surface area (Å²) >= 11 is 0. The Hall–Kier alpha value is -3.79. The summed E-state index contributed by atoms with van der Waals surface area (Å²) in [7, 11) is 2.95. The number of hydrogen-bond donors (Lipinski definition) is 2. The van der Waals surface area contributed by atoms with Crippen LogP contribution in [0.4, 0.5) is 10.5 Å². The van der Waals surface area contributed by atoms with Crippen molar-refractivity contribution in [3.63, 3.8) is 0 Å². The van der Waals surface area contributed by atoms with Crippen LogP contribution in [-0.2, 0) is 23.8 Å². The van der Waals surface area contributed by atoms with E-state index in [1.165, 1.54) is 7.11 Å². The molecule has 1 fully saturated rings. The van der Waals surface area contributed by atoms with E-state index < -0.39 is 23.7 Å². The average Bonchev–Trinajstić information content (AvgIpc) is 3.45. The van der Waals surface area contributed by atoms with E-state index in [1.807, 2.05) is 18.2 Å². The van der Waals surface area contributed by atoms with Crippen molar-refractivity contribution in [1.29, 1.82) is 0 Å². The molecular weight excluding hydrogens is 540 g/mol. The number of benzene rings is 2. The molecule has 42 heavy (non-hydrogen) atoms. The van der Waals surface area contributed by atoms with E-state index in [0.717, 1.165) is 31.2 Å². The summed E-state index contributed by atoms with van der Waals surface area (Å²) in [4.78, 5) is 37.6. The molecule has 1 amide bonds. The Morgan fingerprint density at radius 3 is 2.21 bits per heavy atom. The number of rotatable bonds is 13. The highest BCUT2D eigenvalue weighted by atomic mass is 16.6. The molecule has 230 valence electrons. The van der Waals surface area contributed by atoms with Gasteiger partial charge in [-0.2, -0.15) is 0 Å². The molecule has 0 bridgehead atoms. The van der Waals surface area contributed by atoms with E-state index in [4.69, 9.17) is 23.7 Å². The third kappa shape index (κ3) is 9.94. The van der Waals surface area contributed by atoms with Crippen LogP contribution in [0.5, 0.6) is 11.5 Å². The summed E-state index contributed by atoms with van der Waals surface area (Å²) in [6.07, 6.45) is 3.90. The lowest BCUT2D eigenvalue weighted by atomic mass is 9.94. The minimum Gasteiger partial charge on any atom is -0.493 e. The second kappa shape index (κ2) is 15.4. The van der Waals surface area contributed by atoms with E-state index in [-0.39, 0.29) is 37.6 Å². The standard InChI is InChI=1S/C32H44N2O8/c1-7-40-30(36)29(21-12-15-24(16-13-21)34-31(37)42-32(2,3)4)33-20-23(19-28(35)39-6)22-14-17-26(38-5)27(18-22)41-25-10-8-9-11-25/h12-18,23,25,29,33H,7-11,19-20H2,1-6H3,(H,34,37). The van der Waals surface area contributed by atoms with Crippen LogP contribution in [0.2, 0.25) is 0 Å². The van der Waals surface area contributed by atoms with Gasteiger partial charge in [0.2, 0.25) is 0 Å². The van der Waals surface area contributed by atoms with Crippen LogP contribution in [0.1, 0.15) is 82.9 Å². The van der Waals surface area contributed by atoms with Crippen molar-refractivity contribution in [2.45, 2.75) is 83.5 Å². The van der Waals surface area contributed by atoms with Gasteiger partial charge in [-0.15, -0.1) is 0 Å². The number of anilines is 1. The molecule has 0 radical (unpaired) electrons. The van der Waals surface area contributed by atoms with E-state index in [9.17, 15) is 14.4 Å². The molecule has 0 saturated heterocycles. The second-order valence-corrected chi connectivity index (χ2v) is 11.3. The Bertz CT molecular complexity index is 1190. The van der Waals surface area contributed by atoms with Gasteiger partial charge in [0.1, 0.15) is 11.6 Å². The van der Waals surface area contributed by atoms with Crippen molar-refractivity contribution in [1.82, 2.24) is 5.32 Å². The zero-order valence-corrected chi connectivity index (χ0v) is 25.5. The highest BCUT2D eigenvalue weighted by molar-refractivity contribution is 5.85. The average molecular weight is 585 g/mol. The molecular formula is C32H44N2O8. The van der Waals surface area contributed by atoms with E-state index in [0.29, 0.717) is 22.7 Å². The lowest BCUT2D eigenvalue weighted by Crippen LogP contribution is -2.34. The third-order valence-corrected chi connectivity index (χ3v) is 6.88. The number of carbonyl (C=O) groups excluding carboxylic acids is 3. The van der Waals surface area contributed by atoms with Gasteiger partial charge in [0.15, 0.2) is 11.5 Å². The van der Waals surface area contributed by atoms with Crippen molar-refractivity contribution < 1.29 is 38.1 Å². The monoisotopic (exact) mass is 584 g/mol. The normalized spacial score (nSPS) is 14.9. The van der Waals surface area contributed by atoms with E-state index >= 15 is 0 Å². The maximum Gasteiger partial charge on any atom is 0.412 e. The van der Waals surface area contributed by atoms with Gasteiger partial charge >= 0.3 is 18.0 Å². The van der Waals surface area contributed by atoms with Gasteiger partial charge in [-0.1, -0.05) is 18.2 Å². The fraction of sp³-hybridized carbons (Fsp3) is 0.531. The topological polar surface area (TPSA) is 121 Å². The minimum atomic E-state index is -0.812. The fourth-order valence-electron chi connectivity index (χ4n) is 4.82. The smallest absolute Gasteiger partial charge is 0.412 e. The Balaban J connectivity index is 1.81. The van der Waals surface area contributed by atoms with Crippen LogP contribution in [-0.4, -0.2) is 57.1 Å². The lowest BCUT2D eigenvalue weighted by molar-refractivity contribution is -0.145. The number of esters is 2. The highest BCUT2D eigenvalue weighted by Crippen LogP contribution is 2.35. The van der Waals surface area contributed by atoms with Crippen LogP contribution in [0.25, 0.3) is 0 Å². The summed E-state index contributed by atoms with van der Waals surface area (Å²) in [5.74, 6) is 0.0919. The molecule has 0 aliphatic heterocycles. The van der Waals surface area contributed by atoms with Gasteiger partial charge in [0, 0.05) is 18.2 Å². The molecule has 2 unspecified atom stereocenters. The Morgan fingerprint density at radius 1 is 0.952 bits per heavy atom. The summed E-state index contributed by atoms with van der Waals surface area (Å²) in [5, 5.41) is 5.98. The predicted molar refractivity (Wildman–Crippen MR) is 159 cm³/mol. The molecule has 2 N–H and O–H groups in total. The van der Waals surface area contributed by atoms with Crippen molar-refractivity contribution in [2.75, 3.05) is 32.7 Å². The highest BCUT2D eigenvalue weighted by Gasteiger charge is 2.26. The first kappa shape index (κ1) is 32.7. The second-order valence-electron chi connectivity index (χ2n) is 11.3. The van der Waals surface area contributed by atoms with Crippen molar-refractivity contribution in [2.24, 2.45) is 0 Å². The number of nitrogens with one attached hydrogen (secondary N) is 2. The maximum absolute atomic E-state index is 13.0. The van der Waals surface area contributed by atoms with Gasteiger partial charge in [-0.05, 0) is 88.8 Å². The van der Waals surface area contributed by atoms with Crippen molar-refractivity contribution >= 4 is 23.7 Å². The first-order valence-electron chi connectivity index (χ1n) is 14.4. The van der Waals surface area contributed by atoms with Gasteiger partial charge in [-0.3, -0.25) is 10.1 Å². The lowest BCUT2D eigenvalue weighted by Gasteiger charge is -2.24.